The Bertz CT molecular complexity index is 469. The Labute approximate surface area is 77.8 Å². The highest BCUT2D eigenvalue weighted by atomic mass is 32.2. The predicted octanol–water partition coefficient (Wildman–Crippen LogP) is 1.88. The molecule has 0 unspecified atom stereocenters. The van der Waals surface area contributed by atoms with Crippen molar-refractivity contribution in [1.29, 1.82) is 0 Å². The molecular weight excluding hydrogens is 184 g/mol. The van der Waals surface area contributed by atoms with Gasteiger partial charge in [0, 0.05) is 0 Å². The minimum absolute atomic E-state index is 0.135. The van der Waals surface area contributed by atoms with Gasteiger partial charge in [-0.05, 0) is 24.1 Å². The molecule has 0 aromatic heterocycles. The zero-order chi connectivity index (χ0) is 9.47. The van der Waals surface area contributed by atoms with Gasteiger partial charge in [0.25, 0.3) is 0 Å². The number of benzene rings is 1. The molecule has 0 spiro atoms. The second kappa shape index (κ2) is 2.70. The van der Waals surface area contributed by atoms with Crippen molar-refractivity contribution in [2.45, 2.75) is 11.8 Å². The monoisotopic (exact) mass is 194 g/mol. The Morgan fingerprint density at radius 3 is 2.62 bits per heavy atom. The quantitative estimate of drug-likeness (QED) is 0.632. The van der Waals surface area contributed by atoms with E-state index in [0.717, 1.165) is 11.1 Å². The van der Waals surface area contributed by atoms with Crippen LogP contribution in [0.25, 0.3) is 5.57 Å². The Morgan fingerprint density at radius 2 is 1.92 bits per heavy atom. The van der Waals surface area contributed by atoms with Crippen LogP contribution in [0.1, 0.15) is 12.5 Å². The smallest absolute Gasteiger partial charge is 0.182 e. The molecule has 0 bridgehead atoms. The fraction of sp³-hybridized carbons (Fsp3) is 0.200. The van der Waals surface area contributed by atoms with Crippen LogP contribution in [0.3, 0.4) is 0 Å². The molecule has 1 aliphatic rings. The van der Waals surface area contributed by atoms with E-state index in [4.69, 9.17) is 0 Å². The lowest BCUT2D eigenvalue weighted by Crippen LogP contribution is -2.11. The van der Waals surface area contributed by atoms with Gasteiger partial charge in [0.15, 0.2) is 9.84 Å². The van der Waals surface area contributed by atoms with Gasteiger partial charge >= 0.3 is 0 Å². The number of fused-ring (bicyclic) bond motifs is 1. The molecule has 0 saturated carbocycles. The first kappa shape index (κ1) is 8.51. The van der Waals surface area contributed by atoms with Crippen molar-refractivity contribution >= 4 is 15.4 Å². The van der Waals surface area contributed by atoms with Gasteiger partial charge in [0.2, 0.25) is 0 Å². The van der Waals surface area contributed by atoms with E-state index in [9.17, 15) is 8.42 Å². The van der Waals surface area contributed by atoms with Gasteiger partial charge in [-0.1, -0.05) is 24.3 Å². The van der Waals surface area contributed by atoms with Crippen LogP contribution in [0.4, 0.5) is 0 Å². The van der Waals surface area contributed by atoms with Crippen molar-refractivity contribution in [2.24, 2.45) is 0 Å². The van der Waals surface area contributed by atoms with Crippen LogP contribution in [0.2, 0.25) is 0 Å². The Morgan fingerprint density at radius 1 is 1.23 bits per heavy atom. The molecule has 13 heavy (non-hydrogen) atoms. The maximum absolute atomic E-state index is 11.6. The van der Waals surface area contributed by atoms with Crippen LogP contribution in [-0.4, -0.2) is 14.2 Å². The first-order chi connectivity index (χ1) is 6.11. The summed E-state index contributed by atoms with van der Waals surface area (Å²) in [5.41, 5.74) is 1.89. The maximum atomic E-state index is 11.6. The lowest BCUT2D eigenvalue weighted by Gasteiger charge is -2.14. The van der Waals surface area contributed by atoms with E-state index in [0.29, 0.717) is 4.90 Å². The number of hydrogen-bond acceptors (Lipinski definition) is 2. The van der Waals surface area contributed by atoms with Crippen LogP contribution < -0.4 is 0 Å². The summed E-state index contributed by atoms with van der Waals surface area (Å²) < 4.78 is 23.1. The van der Waals surface area contributed by atoms with Gasteiger partial charge in [0.1, 0.15) is 0 Å². The molecule has 1 aromatic carbocycles. The van der Waals surface area contributed by atoms with Crippen LogP contribution in [-0.2, 0) is 9.84 Å². The minimum Gasteiger partial charge on any atom is -0.223 e. The Kier molecular flexibility index (Phi) is 1.77. The molecule has 1 aromatic rings. The fourth-order valence-corrected chi connectivity index (χ4v) is 3.00. The summed E-state index contributed by atoms with van der Waals surface area (Å²) in [6.45, 7) is 1.94. The standard InChI is InChI=1S/C10H10O2S/c1-8-6-7-13(11,12)10-5-3-2-4-9(8)10/h2-6H,7H2,1H3. The predicted molar refractivity (Wildman–Crippen MR) is 52.1 cm³/mol. The minimum atomic E-state index is -3.05. The second-order valence-electron chi connectivity index (χ2n) is 3.16. The van der Waals surface area contributed by atoms with E-state index in [1.165, 1.54) is 0 Å². The SMILES string of the molecule is CC1=CCS(=O)(=O)c2ccccc21. The third-order valence-electron chi connectivity index (χ3n) is 2.26. The highest BCUT2D eigenvalue weighted by Crippen LogP contribution is 2.28. The lowest BCUT2D eigenvalue weighted by atomic mass is 10.1. The summed E-state index contributed by atoms with van der Waals surface area (Å²) in [4.78, 5) is 0.468. The number of hydrogen-bond donors (Lipinski definition) is 0. The largest absolute Gasteiger partial charge is 0.223 e. The number of rotatable bonds is 0. The van der Waals surface area contributed by atoms with E-state index in [1.54, 1.807) is 18.2 Å². The zero-order valence-electron chi connectivity index (χ0n) is 7.32. The van der Waals surface area contributed by atoms with Crippen LogP contribution in [0.15, 0.2) is 35.2 Å². The molecule has 0 N–H and O–H groups in total. The summed E-state index contributed by atoms with van der Waals surface area (Å²) in [6, 6.07) is 7.13. The topological polar surface area (TPSA) is 34.1 Å². The third kappa shape index (κ3) is 1.29. The van der Waals surface area contributed by atoms with Gasteiger partial charge in [0.05, 0.1) is 10.6 Å². The molecule has 0 radical (unpaired) electrons. The average molecular weight is 194 g/mol. The molecule has 0 aliphatic carbocycles. The highest BCUT2D eigenvalue weighted by Gasteiger charge is 2.21. The normalized spacial score (nSPS) is 19.0. The van der Waals surface area contributed by atoms with Crippen molar-refractivity contribution in [3.8, 4) is 0 Å². The van der Waals surface area contributed by atoms with Crippen molar-refractivity contribution in [3.63, 3.8) is 0 Å². The van der Waals surface area contributed by atoms with Gasteiger partial charge in [-0.2, -0.15) is 0 Å². The number of sulfone groups is 1. The fourth-order valence-electron chi connectivity index (χ4n) is 1.50. The molecule has 68 valence electrons. The molecule has 1 aliphatic heterocycles. The van der Waals surface area contributed by atoms with E-state index in [1.807, 2.05) is 19.1 Å². The summed E-state index contributed by atoms with van der Waals surface area (Å²) in [6.07, 6.45) is 1.76. The highest BCUT2D eigenvalue weighted by molar-refractivity contribution is 7.91. The number of allylic oxidation sites excluding steroid dienone is 1. The van der Waals surface area contributed by atoms with E-state index in [-0.39, 0.29) is 5.75 Å². The van der Waals surface area contributed by atoms with Crippen molar-refractivity contribution in [3.05, 3.63) is 35.9 Å². The van der Waals surface area contributed by atoms with E-state index in [2.05, 4.69) is 0 Å². The molecular formula is C10H10O2S. The second-order valence-corrected chi connectivity index (χ2v) is 5.17. The first-order valence-corrected chi connectivity index (χ1v) is 5.75. The molecule has 0 atom stereocenters. The van der Waals surface area contributed by atoms with Crippen molar-refractivity contribution < 1.29 is 8.42 Å². The zero-order valence-corrected chi connectivity index (χ0v) is 8.14. The van der Waals surface area contributed by atoms with Gasteiger partial charge in [-0.3, -0.25) is 0 Å². The Balaban J connectivity index is 2.79. The van der Waals surface area contributed by atoms with Crippen molar-refractivity contribution in [2.75, 3.05) is 5.75 Å². The van der Waals surface area contributed by atoms with Gasteiger partial charge < -0.3 is 0 Å². The summed E-state index contributed by atoms with van der Waals surface area (Å²) in [7, 11) is -3.05. The molecule has 2 nitrogen and oxygen atoms in total. The maximum Gasteiger partial charge on any atom is 0.182 e. The first-order valence-electron chi connectivity index (χ1n) is 4.10. The molecule has 2 rings (SSSR count). The van der Waals surface area contributed by atoms with Crippen LogP contribution in [0, 0.1) is 0 Å². The summed E-state index contributed by atoms with van der Waals surface area (Å²) in [5, 5.41) is 0. The lowest BCUT2D eigenvalue weighted by molar-refractivity contribution is 0.598. The summed E-state index contributed by atoms with van der Waals surface area (Å²) >= 11 is 0. The molecule has 3 heteroatoms. The molecule has 0 fully saturated rings. The molecule has 0 saturated heterocycles. The van der Waals surface area contributed by atoms with Crippen LogP contribution in [0.5, 0.6) is 0 Å². The van der Waals surface area contributed by atoms with Crippen molar-refractivity contribution in [1.82, 2.24) is 0 Å². The third-order valence-corrected chi connectivity index (χ3v) is 3.89. The van der Waals surface area contributed by atoms with E-state index >= 15 is 0 Å². The molecule has 0 amide bonds. The van der Waals surface area contributed by atoms with E-state index < -0.39 is 9.84 Å². The van der Waals surface area contributed by atoms with Crippen LogP contribution >= 0.6 is 0 Å². The average Bonchev–Trinajstić information content (AvgIpc) is 2.13. The van der Waals surface area contributed by atoms with Gasteiger partial charge in [-0.25, -0.2) is 8.42 Å². The molecule has 1 heterocycles. The Hall–Kier alpha value is -1.09. The van der Waals surface area contributed by atoms with Gasteiger partial charge in [-0.15, -0.1) is 0 Å². The summed E-state index contributed by atoms with van der Waals surface area (Å²) in [5.74, 6) is 0.135.